The van der Waals surface area contributed by atoms with E-state index in [4.69, 9.17) is 21.6 Å². The Hall–Kier alpha value is -0.225. The van der Waals surface area contributed by atoms with Gasteiger partial charge >= 0.3 is 7.12 Å². The summed E-state index contributed by atoms with van der Waals surface area (Å²) < 4.78 is 13.0. The molecule has 1 aromatic rings. The van der Waals surface area contributed by atoms with Crippen molar-refractivity contribution in [1.29, 1.82) is 0 Å². The molecule has 1 aromatic carbocycles. The Bertz CT molecular complexity index is 322. The first-order valence-corrected chi connectivity index (χ1v) is 5.06. The predicted octanol–water partition coefficient (Wildman–Crippen LogP) is 0.881. The molecule has 0 spiro atoms. The summed E-state index contributed by atoms with van der Waals surface area (Å²) in [5.74, 6) is -0.710. The van der Waals surface area contributed by atoms with Gasteiger partial charge in [0.15, 0.2) is 0 Å². The minimum atomic E-state index is -1.88. The molecule has 0 heterocycles. The highest BCUT2D eigenvalue weighted by molar-refractivity contribution is 7.98. The fourth-order valence-corrected chi connectivity index (χ4v) is 1.92. The lowest BCUT2D eigenvalue weighted by molar-refractivity contribution is 0.423. The van der Waals surface area contributed by atoms with Crippen LogP contribution in [0.1, 0.15) is 0 Å². The molecule has 0 radical (unpaired) electrons. The molecule has 1 rings (SSSR count). The van der Waals surface area contributed by atoms with E-state index >= 15 is 0 Å². The van der Waals surface area contributed by atoms with Gasteiger partial charge in [-0.1, -0.05) is 11.6 Å². The molecular formula is C7H7BClFO2S. The Morgan fingerprint density at radius 1 is 1.46 bits per heavy atom. The SMILES string of the molecule is CSc1ccc(F)c(B(O)O)c1Cl. The molecule has 13 heavy (non-hydrogen) atoms. The van der Waals surface area contributed by atoms with Crippen LogP contribution in [0.15, 0.2) is 17.0 Å². The van der Waals surface area contributed by atoms with Gasteiger partial charge in [-0.3, -0.25) is 0 Å². The van der Waals surface area contributed by atoms with E-state index in [1.807, 2.05) is 0 Å². The van der Waals surface area contributed by atoms with Crippen molar-refractivity contribution >= 4 is 35.9 Å². The minimum Gasteiger partial charge on any atom is -0.423 e. The molecule has 0 fully saturated rings. The van der Waals surface area contributed by atoms with Gasteiger partial charge in [0.05, 0.1) is 5.02 Å². The van der Waals surface area contributed by atoms with Crippen LogP contribution in [0.3, 0.4) is 0 Å². The smallest absolute Gasteiger partial charge is 0.423 e. The topological polar surface area (TPSA) is 40.5 Å². The van der Waals surface area contributed by atoms with E-state index < -0.39 is 12.9 Å². The average molecular weight is 220 g/mol. The molecule has 6 heteroatoms. The molecule has 0 aromatic heterocycles. The summed E-state index contributed by atoms with van der Waals surface area (Å²) in [5, 5.41) is 17.7. The van der Waals surface area contributed by atoms with E-state index in [1.165, 1.54) is 17.8 Å². The first-order valence-electron chi connectivity index (χ1n) is 3.46. The van der Waals surface area contributed by atoms with Crippen molar-refractivity contribution < 1.29 is 14.4 Å². The quantitative estimate of drug-likeness (QED) is 0.574. The van der Waals surface area contributed by atoms with Crippen LogP contribution in [-0.2, 0) is 0 Å². The van der Waals surface area contributed by atoms with E-state index in [2.05, 4.69) is 0 Å². The van der Waals surface area contributed by atoms with Gasteiger partial charge in [-0.05, 0) is 18.4 Å². The van der Waals surface area contributed by atoms with E-state index in [-0.39, 0.29) is 10.5 Å². The zero-order valence-corrected chi connectivity index (χ0v) is 8.36. The number of hydrogen-bond donors (Lipinski definition) is 2. The third-order valence-electron chi connectivity index (χ3n) is 1.57. The highest BCUT2D eigenvalue weighted by Gasteiger charge is 2.22. The van der Waals surface area contributed by atoms with Crippen LogP contribution in [0.4, 0.5) is 4.39 Å². The van der Waals surface area contributed by atoms with Crippen LogP contribution in [-0.4, -0.2) is 23.4 Å². The average Bonchev–Trinajstić information content (AvgIpc) is 2.04. The van der Waals surface area contributed by atoms with Crippen LogP contribution < -0.4 is 5.46 Å². The fourth-order valence-electron chi connectivity index (χ4n) is 0.944. The summed E-state index contributed by atoms with van der Waals surface area (Å²) in [5.41, 5.74) is -0.270. The maximum absolute atomic E-state index is 13.0. The van der Waals surface area contributed by atoms with Crippen LogP contribution >= 0.6 is 23.4 Å². The zero-order chi connectivity index (χ0) is 10.0. The second-order valence-corrected chi connectivity index (χ2v) is 3.58. The molecule has 0 saturated carbocycles. The molecule has 0 aliphatic carbocycles. The van der Waals surface area contributed by atoms with Crippen molar-refractivity contribution in [3.63, 3.8) is 0 Å². The first kappa shape index (κ1) is 10.9. The summed E-state index contributed by atoms with van der Waals surface area (Å²) in [6.07, 6.45) is 1.77. The molecular weight excluding hydrogens is 213 g/mol. The molecule has 0 saturated heterocycles. The Morgan fingerprint density at radius 3 is 2.54 bits per heavy atom. The Kier molecular flexibility index (Phi) is 3.61. The van der Waals surface area contributed by atoms with Crippen molar-refractivity contribution in [2.45, 2.75) is 4.90 Å². The standard InChI is InChI=1S/C7H7BClFO2S/c1-13-5-3-2-4(10)6(7(5)9)8(11)12/h2-3,11-12H,1H3. The predicted molar refractivity (Wildman–Crippen MR) is 53.0 cm³/mol. The van der Waals surface area contributed by atoms with Gasteiger partial charge in [-0.25, -0.2) is 4.39 Å². The summed E-state index contributed by atoms with van der Waals surface area (Å²) in [6.45, 7) is 0. The second kappa shape index (κ2) is 4.33. The van der Waals surface area contributed by atoms with Gasteiger partial charge in [-0.15, -0.1) is 11.8 Å². The fraction of sp³-hybridized carbons (Fsp3) is 0.143. The number of benzene rings is 1. The lowest BCUT2D eigenvalue weighted by atomic mass is 9.80. The Labute approximate surface area is 84.9 Å². The van der Waals surface area contributed by atoms with Crippen molar-refractivity contribution in [2.24, 2.45) is 0 Å². The maximum atomic E-state index is 13.0. The van der Waals surface area contributed by atoms with E-state index in [9.17, 15) is 4.39 Å². The lowest BCUT2D eigenvalue weighted by Gasteiger charge is -2.07. The van der Waals surface area contributed by atoms with E-state index in [1.54, 1.807) is 6.26 Å². The molecule has 0 aliphatic rings. The van der Waals surface area contributed by atoms with Crippen LogP contribution in [0.5, 0.6) is 0 Å². The van der Waals surface area contributed by atoms with Gasteiger partial charge in [0.25, 0.3) is 0 Å². The molecule has 70 valence electrons. The van der Waals surface area contributed by atoms with Crippen LogP contribution in [0.25, 0.3) is 0 Å². The zero-order valence-electron chi connectivity index (χ0n) is 6.79. The maximum Gasteiger partial charge on any atom is 0.493 e. The Morgan fingerprint density at radius 2 is 2.08 bits per heavy atom. The highest BCUT2D eigenvalue weighted by Crippen LogP contribution is 2.24. The first-order chi connectivity index (χ1) is 6.07. The molecule has 2 N–H and O–H groups in total. The van der Waals surface area contributed by atoms with Crippen molar-refractivity contribution in [2.75, 3.05) is 6.26 Å². The number of rotatable bonds is 2. The summed E-state index contributed by atoms with van der Waals surface area (Å²) >= 11 is 7.04. The molecule has 0 amide bonds. The monoisotopic (exact) mass is 220 g/mol. The van der Waals surface area contributed by atoms with E-state index in [0.29, 0.717) is 4.90 Å². The van der Waals surface area contributed by atoms with Crippen molar-refractivity contribution in [3.05, 3.63) is 23.0 Å². The normalized spacial score (nSPS) is 10.2. The van der Waals surface area contributed by atoms with E-state index in [0.717, 1.165) is 6.07 Å². The number of halogens is 2. The highest BCUT2D eigenvalue weighted by atomic mass is 35.5. The van der Waals surface area contributed by atoms with Gasteiger partial charge in [-0.2, -0.15) is 0 Å². The Balaban J connectivity index is 3.30. The molecule has 0 bridgehead atoms. The van der Waals surface area contributed by atoms with Gasteiger partial charge in [0.1, 0.15) is 5.82 Å². The third kappa shape index (κ3) is 2.17. The lowest BCUT2D eigenvalue weighted by Crippen LogP contribution is -2.34. The minimum absolute atomic E-state index is 0.0579. The second-order valence-electron chi connectivity index (χ2n) is 2.35. The van der Waals surface area contributed by atoms with Gasteiger partial charge in [0, 0.05) is 10.4 Å². The van der Waals surface area contributed by atoms with Crippen LogP contribution in [0.2, 0.25) is 5.02 Å². The number of thioether (sulfide) groups is 1. The van der Waals surface area contributed by atoms with Gasteiger partial charge in [0.2, 0.25) is 0 Å². The van der Waals surface area contributed by atoms with Crippen LogP contribution in [0, 0.1) is 5.82 Å². The molecule has 0 unspecified atom stereocenters. The molecule has 2 nitrogen and oxygen atoms in total. The number of hydrogen-bond acceptors (Lipinski definition) is 3. The van der Waals surface area contributed by atoms with Gasteiger partial charge < -0.3 is 10.0 Å². The van der Waals surface area contributed by atoms with Crippen molar-refractivity contribution in [3.8, 4) is 0 Å². The summed E-state index contributed by atoms with van der Waals surface area (Å²) in [4.78, 5) is 0.617. The largest absolute Gasteiger partial charge is 0.493 e. The summed E-state index contributed by atoms with van der Waals surface area (Å²) in [7, 11) is -1.88. The van der Waals surface area contributed by atoms with Crippen molar-refractivity contribution in [1.82, 2.24) is 0 Å². The summed E-state index contributed by atoms with van der Waals surface area (Å²) in [6, 6.07) is 2.65. The molecule has 0 atom stereocenters. The third-order valence-corrected chi connectivity index (χ3v) is 2.87. The molecule has 0 aliphatic heterocycles.